The number of amides is 1. The molecule has 0 aromatic carbocycles. The van der Waals surface area contributed by atoms with Crippen molar-refractivity contribution < 1.29 is 42.9 Å². The van der Waals surface area contributed by atoms with Gasteiger partial charge in [-0.15, -0.1) is 0 Å². The fourth-order valence-corrected chi connectivity index (χ4v) is 2.88. The van der Waals surface area contributed by atoms with Crippen LogP contribution in [-0.2, 0) is 19.6 Å². The predicted molar refractivity (Wildman–Crippen MR) is 58.1 cm³/mol. The molecule has 0 aromatic heterocycles. The molecule has 19 heavy (non-hydrogen) atoms. The largest absolute Gasteiger partial charge is 0.394 e. The summed E-state index contributed by atoms with van der Waals surface area (Å²) in [5, 5.41) is 39.5. The number of aliphatic hydroxyl groups excluding tert-OH is 4. The van der Waals surface area contributed by atoms with Gasteiger partial charge >= 0.3 is 0 Å². The highest BCUT2D eigenvalue weighted by Gasteiger charge is 2.63. The molecule has 1 unspecified atom stereocenters. The average molecular weight is 301 g/mol. The summed E-state index contributed by atoms with van der Waals surface area (Å²) in [6, 6.07) is 0. The monoisotopic (exact) mass is 301 g/mol. The van der Waals surface area contributed by atoms with E-state index in [1.807, 2.05) is 0 Å². The Hall–Kier alpha value is -0.820. The summed E-state index contributed by atoms with van der Waals surface area (Å²) in [5.74, 6) is -1.01. The van der Waals surface area contributed by atoms with Gasteiger partial charge in [0.25, 0.3) is 10.1 Å². The molecule has 0 spiro atoms. The van der Waals surface area contributed by atoms with Crippen molar-refractivity contribution in [3.8, 4) is 0 Å². The number of hydrogen-bond acceptors (Lipinski definition) is 8. The summed E-state index contributed by atoms with van der Waals surface area (Å²) in [6.45, 7) is 0.0494. The Morgan fingerprint density at radius 3 is 2.26 bits per heavy atom. The number of carbonyl (C=O) groups is 1. The van der Waals surface area contributed by atoms with Crippen LogP contribution in [0.1, 0.15) is 6.92 Å². The zero-order chi connectivity index (χ0) is 15.0. The first-order valence-corrected chi connectivity index (χ1v) is 6.58. The molecule has 5 atom stereocenters. The third-order valence-electron chi connectivity index (χ3n) is 2.79. The molecule has 0 saturated carbocycles. The summed E-state index contributed by atoms with van der Waals surface area (Å²) < 4.78 is 36.5. The summed E-state index contributed by atoms with van der Waals surface area (Å²) >= 11 is 0. The van der Waals surface area contributed by atoms with Gasteiger partial charge in [-0.25, -0.2) is 0 Å². The second-order valence-electron chi connectivity index (χ2n) is 4.09. The van der Waals surface area contributed by atoms with Crippen LogP contribution in [0.15, 0.2) is 0 Å². The van der Waals surface area contributed by atoms with Crippen molar-refractivity contribution >= 4 is 16.0 Å². The molecule has 1 aliphatic rings. The van der Waals surface area contributed by atoms with Crippen LogP contribution < -0.4 is 5.32 Å². The molecule has 11 heteroatoms. The summed E-state index contributed by atoms with van der Waals surface area (Å²) in [6.07, 6.45) is -8.13. The fraction of sp³-hybridized carbons (Fsp3) is 0.875. The molecule has 1 fully saturated rings. The minimum absolute atomic E-state index is 0.823. The van der Waals surface area contributed by atoms with Gasteiger partial charge in [-0.2, -0.15) is 8.42 Å². The zero-order valence-corrected chi connectivity index (χ0v) is 10.6. The van der Waals surface area contributed by atoms with Gasteiger partial charge in [-0.1, -0.05) is 0 Å². The van der Waals surface area contributed by atoms with E-state index in [0.717, 1.165) is 6.92 Å². The zero-order valence-electron chi connectivity index (χ0n) is 9.79. The molecular formula is C8H15NO9S. The van der Waals surface area contributed by atoms with Gasteiger partial charge in [-0.3, -0.25) is 9.35 Å². The number of nitrogens with one attached hydrogen (secondary N) is 1. The SMILES string of the molecule is CC(=O)N[C@]1(S(=O)(=O)O)C(O)O[C@H](CO)[C@H](O)[C@H]1O. The second kappa shape index (κ2) is 5.28. The van der Waals surface area contributed by atoms with E-state index in [-0.39, 0.29) is 0 Å². The van der Waals surface area contributed by atoms with E-state index in [1.54, 1.807) is 5.32 Å². The van der Waals surface area contributed by atoms with Crippen LogP contribution in [0.5, 0.6) is 0 Å². The van der Waals surface area contributed by atoms with Gasteiger partial charge in [0.1, 0.15) is 18.3 Å². The van der Waals surface area contributed by atoms with Crippen LogP contribution in [0.3, 0.4) is 0 Å². The standard InChI is InChI=1S/C8H15NO9S/c1-3(11)9-8(19(15,16)17)6(13)5(12)4(2-10)18-7(8)14/h4-7,10,12-14H,2H2,1H3,(H,9,11)(H,15,16,17)/t4-,5+,6-,7?,8-/m1/s1. The molecule has 1 saturated heterocycles. The lowest BCUT2D eigenvalue weighted by Gasteiger charge is -2.46. The van der Waals surface area contributed by atoms with Gasteiger partial charge in [0.2, 0.25) is 10.8 Å². The van der Waals surface area contributed by atoms with Crippen molar-refractivity contribution in [3.63, 3.8) is 0 Å². The van der Waals surface area contributed by atoms with Gasteiger partial charge in [0, 0.05) is 6.92 Å². The van der Waals surface area contributed by atoms with Crippen molar-refractivity contribution in [2.75, 3.05) is 6.61 Å². The molecule has 0 bridgehead atoms. The lowest BCUT2D eigenvalue weighted by atomic mass is 9.96. The molecule has 10 nitrogen and oxygen atoms in total. The van der Waals surface area contributed by atoms with Crippen molar-refractivity contribution in [1.29, 1.82) is 0 Å². The highest BCUT2D eigenvalue weighted by molar-refractivity contribution is 7.87. The Bertz CT molecular complexity index is 451. The highest BCUT2D eigenvalue weighted by atomic mass is 32.2. The van der Waals surface area contributed by atoms with E-state index in [0.29, 0.717) is 0 Å². The summed E-state index contributed by atoms with van der Waals surface area (Å²) in [7, 11) is -5.24. The first kappa shape index (κ1) is 16.2. The van der Waals surface area contributed by atoms with Gasteiger partial charge in [0.05, 0.1) is 6.61 Å². The van der Waals surface area contributed by atoms with Gasteiger partial charge < -0.3 is 30.5 Å². The smallest absolute Gasteiger partial charge is 0.297 e. The summed E-state index contributed by atoms with van der Waals surface area (Å²) in [4.78, 5) is 7.98. The highest BCUT2D eigenvalue weighted by Crippen LogP contribution is 2.32. The maximum Gasteiger partial charge on any atom is 0.297 e. The van der Waals surface area contributed by atoms with E-state index in [1.165, 1.54) is 0 Å². The minimum Gasteiger partial charge on any atom is -0.394 e. The normalized spacial score (nSPS) is 39.9. The molecule has 1 amide bonds. The third-order valence-corrected chi connectivity index (χ3v) is 4.19. The Labute approximate surface area is 108 Å². The molecule has 0 aliphatic carbocycles. The molecule has 0 aromatic rings. The second-order valence-corrected chi connectivity index (χ2v) is 5.72. The Balaban J connectivity index is 3.34. The van der Waals surface area contributed by atoms with E-state index in [4.69, 9.17) is 9.66 Å². The fourth-order valence-electron chi connectivity index (χ4n) is 1.86. The molecule has 0 radical (unpaired) electrons. The number of hydrogen-bond donors (Lipinski definition) is 6. The topological polar surface area (TPSA) is 174 Å². The van der Waals surface area contributed by atoms with Crippen molar-refractivity contribution in [1.82, 2.24) is 5.32 Å². The Morgan fingerprint density at radius 2 is 1.89 bits per heavy atom. The van der Waals surface area contributed by atoms with Crippen LogP contribution >= 0.6 is 0 Å². The molecule has 112 valence electrons. The van der Waals surface area contributed by atoms with Crippen LogP contribution in [-0.4, -0.2) is 75.4 Å². The summed E-state index contributed by atoms with van der Waals surface area (Å²) in [5.41, 5.74) is 0. The average Bonchev–Trinajstić information content (AvgIpc) is 2.27. The van der Waals surface area contributed by atoms with Crippen molar-refractivity contribution in [2.45, 2.75) is 36.4 Å². The first-order chi connectivity index (χ1) is 8.57. The lowest BCUT2D eigenvalue weighted by molar-refractivity contribution is -0.265. The van der Waals surface area contributed by atoms with Crippen LogP contribution in [0, 0.1) is 0 Å². The van der Waals surface area contributed by atoms with Crippen molar-refractivity contribution in [2.24, 2.45) is 0 Å². The van der Waals surface area contributed by atoms with E-state index in [2.05, 4.69) is 4.74 Å². The van der Waals surface area contributed by atoms with E-state index in [9.17, 15) is 28.5 Å². The van der Waals surface area contributed by atoms with Gasteiger partial charge in [-0.05, 0) is 0 Å². The molecule has 6 N–H and O–H groups in total. The Kier molecular flexibility index (Phi) is 4.51. The first-order valence-electron chi connectivity index (χ1n) is 5.14. The number of rotatable bonds is 3. The maximum atomic E-state index is 11.4. The lowest BCUT2D eigenvalue weighted by Crippen LogP contribution is -2.76. The molecular weight excluding hydrogens is 286 g/mol. The molecule has 1 rings (SSSR count). The van der Waals surface area contributed by atoms with E-state index >= 15 is 0 Å². The van der Waals surface area contributed by atoms with Crippen LogP contribution in [0.25, 0.3) is 0 Å². The van der Waals surface area contributed by atoms with E-state index < -0.39 is 52.1 Å². The predicted octanol–water partition coefficient (Wildman–Crippen LogP) is -3.86. The quantitative estimate of drug-likeness (QED) is 0.285. The number of ether oxygens (including phenoxy) is 1. The van der Waals surface area contributed by atoms with Crippen molar-refractivity contribution in [3.05, 3.63) is 0 Å². The minimum atomic E-state index is -5.24. The van der Waals surface area contributed by atoms with Crippen LogP contribution in [0.4, 0.5) is 0 Å². The van der Waals surface area contributed by atoms with Gasteiger partial charge in [0.15, 0.2) is 6.29 Å². The maximum absolute atomic E-state index is 11.4. The molecule has 1 heterocycles. The number of carbonyl (C=O) groups excluding carboxylic acids is 1. The van der Waals surface area contributed by atoms with Crippen LogP contribution in [0.2, 0.25) is 0 Å². The number of aliphatic hydroxyl groups is 4. The third kappa shape index (κ3) is 2.58. The molecule has 1 aliphatic heterocycles. The Morgan fingerprint density at radius 1 is 1.37 bits per heavy atom.